The zero-order valence-electron chi connectivity index (χ0n) is 25.3. The van der Waals surface area contributed by atoms with Crippen LogP contribution in [0.25, 0.3) is 88.8 Å². The van der Waals surface area contributed by atoms with Gasteiger partial charge in [0.25, 0.3) is 0 Å². The molecule has 4 nitrogen and oxygen atoms in total. The van der Waals surface area contributed by atoms with Crippen molar-refractivity contribution in [2.24, 2.45) is 0 Å². The maximum absolute atomic E-state index is 5.54. The van der Waals surface area contributed by atoms with E-state index in [0.29, 0.717) is 5.82 Å². The van der Waals surface area contributed by atoms with E-state index in [1.807, 2.05) is 42.5 Å². The molecule has 0 aliphatic carbocycles. The van der Waals surface area contributed by atoms with Crippen molar-refractivity contribution >= 4 is 32.8 Å². The van der Waals surface area contributed by atoms with Crippen LogP contribution in [0.15, 0.2) is 169 Å². The van der Waals surface area contributed by atoms with E-state index in [2.05, 4.69) is 120 Å². The summed E-state index contributed by atoms with van der Waals surface area (Å²) in [6.07, 6.45) is 1.49. The summed E-state index contributed by atoms with van der Waals surface area (Å²) >= 11 is 0. The molecule has 4 heteroatoms. The Morgan fingerprint density at radius 2 is 1.11 bits per heavy atom. The molecule has 7 aromatic carbocycles. The molecule has 220 valence electrons. The first-order valence-corrected chi connectivity index (χ1v) is 15.7. The van der Waals surface area contributed by atoms with Gasteiger partial charge in [-0.3, -0.25) is 0 Å². The van der Waals surface area contributed by atoms with Gasteiger partial charge in [0, 0.05) is 16.5 Å². The fourth-order valence-corrected chi connectivity index (χ4v) is 6.51. The van der Waals surface area contributed by atoms with E-state index in [9.17, 15) is 0 Å². The molecule has 0 fully saturated rings. The number of oxazole rings is 1. The molecule has 0 N–H and O–H groups in total. The zero-order chi connectivity index (χ0) is 31.2. The maximum Gasteiger partial charge on any atom is 0.181 e. The number of fused-ring (bicyclic) bond motifs is 3. The molecule has 0 aliphatic heterocycles. The molecule has 0 saturated heterocycles. The molecule has 0 saturated carbocycles. The molecule has 0 spiro atoms. The summed E-state index contributed by atoms with van der Waals surface area (Å²) in [5.41, 5.74) is 12.5. The van der Waals surface area contributed by atoms with Gasteiger partial charge in [0.05, 0.1) is 11.2 Å². The summed E-state index contributed by atoms with van der Waals surface area (Å²) in [6, 6.07) is 55.2. The molecule has 2 heterocycles. The van der Waals surface area contributed by atoms with Crippen LogP contribution in [0.2, 0.25) is 0 Å². The molecule has 0 atom stereocenters. The second-order valence-electron chi connectivity index (χ2n) is 11.7. The minimum atomic E-state index is 0.714. The molecule has 0 aliphatic rings. The van der Waals surface area contributed by atoms with E-state index < -0.39 is 0 Å². The Hall–Kier alpha value is -6.39. The zero-order valence-corrected chi connectivity index (χ0v) is 25.3. The standard InChI is InChI=1S/C43H27N3O/c1-2-9-32(10-3-1)42-37-12-6-7-13-38(37)45-43(46-42)33-20-18-31(19-21-33)41-35-11-5-4-8-29(35)22-24-36(41)30-16-14-28(15-17-30)34-23-25-39-40(26-34)47-27-44-39/h1-27H. The van der Waals surface area contributed by atoms with E-state index in [0.717, 1.165) is 61.1 Å². The molecule has 9 rings (SSSR count). The van der Waals surface area contributed by atoms with Crippen molar-refractivity contribution in [2.45, 2.75) is 0 Å². The number of hydrogen-bond acceptors (Lipinski definition) is 4. The fraction of sp³-hybridized carbons (Fsp3) is 0. The number of hydrogen-bond donors (Lipinski definition) is 0. The van der Waals surface area contributed by atoms with Crippen molar-refractivity contribution in [3.63, 3.8) is 0 Å². The van der Waals surface area contributed by atoms with Crippen molar-refractivity contribution in [1.29, 1.82) is 0 Å². The highest BCUT2D eigenvalue weighted by molar-refractivity contribution is 6.04. The van der Waals surface area contributed by atoms with Crippen LogP contribution in [0, 0.1) is 0 Å². The quantitative estimate of drug-likeness (QED) is 0.197. The number of nitrogens with zero attached hydrogens (tertiary/aromatic N) is 3. The predicted molar refractivity (Wildman–Crippen MR) is 192 cm³/mol. The van der Waals surface area contributed by atoms with Crippen LogP contribution in [-0.4, -0.2) is 15.0 Å². The van der Waals surface area contributed by atoms with Gasteiger partial charge in [-0.05, 0) is 62.4 Å². The minimum absolute atomic E-state index is 0.714. The molecule has 2 aromatic heterocycles. The number of rotatable bonds is 5. The molecule has 0 radical (unpaired) electrons. The van der Waals surface area contributed by atoms with Crippen LogP contribution in [-0.2, 0) is 0 Å². The lowest BCUT2D eigenvalue weighted by Crippen LogP contribution is -1.95. The van der Waals surface area contributed by atoms with E-state index >= 15 is 0 Å². The number of benzene rings is 7. The third-order valence-electron chi connectivity index (χ3n) is 8.87. The van der Waals surface area contributed by atoms with Crippen molar-refractivity contribution in [3.8, 4) is 56.0 Å². The Bertz CT molecular complexity index is 2550. The number of para-hydroxylation sites is 1. The Balaban J connectivity index is 1.13. The third-order valence-corrected chi connectivity index (χ3v) is 8.87. The van der Waals surface area contributed by atoms with Crippen LogP contribution in [0.4, 0.5) is 0 Å². The average molecular weight is 602 g/mol. The van der Waals surface area contributed by atoms with Gasteiger partial charge in [0.2, 0.25) is 0 Å². The maximum atomic E-state index is 5.54. The van der Waals surface area contributed by atoms with E-state index in [4.69, 9.17) is 14.4 Å². The lowest BCUT2D eigenvalue weighted by molar-refractivity contribution is 0.602. The summed E-state index contributed by atoms with van der Waals surface area (Å²) in [4.78, 5) is 14.3. The first-order chi connectivity index (χ1) is 23.3. The van der Waals surface area contributed by atoms with Crippen LogP contribution >= 0.6 is 0 Å². The molecular weight excluding hydrogens is 574 g/mol. The largest absolute Gasteiger partial charge is 0.443 e. The lowest BCUT2D eigenvalue weighted by atomic mass is 9.89. The molecule has 0 bridgehead atoms. The summed E-state index contributed by atoms with van der Waals surface area (Å²) in [7, 11) is 0. The van der Waals surface area contributed by atoms with Crippen LogP contribution < -0.4 is 0 Å². The number of aromatic nitrogens is 3. The van der Waals surface area contributed by atoms with Gasteiger partial charge in [-0.1, -0.05) is 140 Å². The van der Waals surface area contributed by atoms with Crippen molar-refractivity contribution in [3.05, 3.63) is 164 Å². The topological polar surface area (TPSA) is 51.8 Å². The molecular formula is C43H27N3O. The predicted octanol–water partition coefficient (Wildman–Crippen LogP) is 11.3. The van der Waals surface area contributed by atoms with Gasteiger partial charge in [-0.2, -0.15) is 0 Å². The first kappa shape index (κ1) is 27.0. The highest BCUT2D eigenvalue weighted by atomic mass is 16.3. The second-order valence-corrected chi connectivity index (χ2v) is 11.7. The normalized spacial score (nSPS) is 11.4. The van der Waals surface area contributed by atoms with Crippen molar-refractivity contribution in [1.82, 2.24) is 15.0 Å². The van der Waals surface area contributed by atoms with E-state index in [-0.39, 0.29) is 0 Å². The van der Waals surface area contributed by atoms with Crippen LogP contribution in [0.1, 0.15) is 0 Å². The fourth-order valence-electron chi connectivity index (χ4n) is 6.51. The smallest absolute Gasteiger partial charge is 0.181 e. The van der Waals surface area contributed by atoms with E-state index in [1.165, 1.54) is 28.3 Å². The SMILES string of the molecule is c1ccc(-c2nc(-c3ccc(-c4c(-c5ccc(-c6ccc7ncoc7c6)cc5)ccc5ccccc45)cc3)nc3ccccc23)cc1. The Kier molecular flexibility index (Phi) is 6.43. The Labute approximate surface area is 271 Å². The van der Waals surface area contributed by atoms with Gasteiger partial charge in [0.15, 0.2) is 17.8 Å². The van der Waals surface area contributed by atoms with E-state index in [1.54, 1.807) is 0 Å². The van der Waals surface area contributed by atoms with Gasteiger partial charge < -0.3 is 4.42 Å². The van der Waals surface area contributed by atoms with Crippen molar-refractivity contribution < 1.29 is 4.42 Å². The molecule has 47 heavy (non-hydrogen) atoms. The highest BCUT2D eigenvalue weighted by Gasteiger charge is 2.15. The molecule has 0 amide bonds. The average Bonchev–Trinajstić information content (AvgIpc) is 3.63. The minimum Gasteiger partial charge on any atom is -0.443 e. The van der Waals surface area contributed by atoms with Crippen molar-refractivity contribution in [2.75, 3.05) is 0 Å². The lowest BCUT2D eigenvalue weighted by Gasteiger charge is -2.15. The van der Waals surface area contributed by atoms with Gasteiger partial charge in [-0.15, -0.1) is 0 Å². The van der Waals surface area contributed by atoms with Gasteiger partial charge >= 0.3 is 0 Å². The second kappa shape index (κ2) is 11.2. The highest BCUT2D eigenvalue weighted by Crippen LogP contribution is 2.40. The molecule has 9 aromatic rings. The van der Waals surface area contributed by atoms with Crippen LogP contribution in [0.5, 0.6) is 0 Å². The summed E-state index contributed by atoms with van der Waals surface area (Å²) in [5.74, 6) is 0.714. The van der Waals surface area contributed by atoms with Crippen LogP contribution in [0.3, 0.4) is 0 Å². The Morgan fingerprint density at radius 3 is 1.96 bits per heavy atom. The summed E-state index contributed by atoms with van der Waals surface area (Å²) < 4.78 is 5.54. The first-order valence-electron chi connectivity index (χ1n) is 15.7. The summed E-state index contributed by atoms with van der Waals surface area (Å²) in [5, 5.41) is 3.47. The monoisotopic (exact) mass is 601 g/mol. The third kappa shape index (κ3) is 4.84. The van der Waals surface area contributed by atoms with Gasteiger partial charge in [-0.25, -0.2) is 15.0 Å². The van der Waals surface area contributed by atoms with Gasteiger partial charge in [0.1, 0.15) is 5.52 Å². The summed E-state index contributed by atoms with van der Waals surface area (Å²) in [6.45, 7) is 0. The molecule has 0 unspecified atom stereocenters. The Morgan fingerprint density at radius 1 is 0.426 bits per heavy atom.